The SMILES string of the molecule is Nc1cccc(Cl)c1Nc1ccc(OC(F)(F)F)cc1. The van der Waals surface area contributed by atoms with Crippen molar-refractivity contribution in [2.24, 2.45) is 0 Å². The van der Waals surface area contributed by atoms with Crippen LogP contribution in [0.3, 0.4) is 0 Å². The van der Waals surface area contributed by atoms with Crippen LogP contribution >= 0.6 is 11.6 Å². The van der Waals surface area contributed by atoms with Crippen LogP contribution in [0.25, 0.3) is 0 Å². The van der Waals surface area contributed by atoms with E-state index < -0.39 is 6.36 Å². The van der Waals surface area contributed by atoms with E-state index in [1.54, 1.807) is 18.2 Å². The smallest absolute Gasteiger partial charge is 0.406 e. The Hall–Kier alpha value is -2.08. The van der Waals surface area contributed by atoms with E-state index in [2.05, 4.69) is 10.1 Å². The van der Waals surface area contributed by atoms with Crippen molar-refractivity contribution < 1.29 is 17.9 Å². The molecule has 0 aromatic heterocycles. The quantitative estimate of drug-likeness (QED) is 0.817. The van der Waals surface area contributed by atoms with Gasteiger partial charge in [0.25, 0.3) is 0 Å². The van der Waals surface area contributed by atoms with Gasteiger partial charge in [0, 0.05) is 5.69 Å². The van der Waals surface area contributed by atoms with Crippen molar-refractivity contribution in [3.63, 3.8) is 0 Å². The average molecular weight is 303 g/mol. The highest BCUT2D eigenvalue weighted by molar-refractivity contribution is 6.34. The Bertz CT molecular complexity index is 579. The van der Waals surface area contributed by atoms with Crippen LogP contribution in [-0.2, 0) is 0 Å². The van der Waals surface area contributed by atoms with Crippen molar-refractivity contribution in [1.82, 2.24) is 0 Å². The number of nitrogens with one attached hydrogen (secondary N) is 1. The van der Waals surface area contributed by atoms with Gasteiger partial charge >= 0.3 is 6.36 Å². The van der Waals surface area contributed by atoms with Gasteiger partial charge in [-0.3, -0.25) is 0 Å². The number of ether oxygens (including phenoxy) is 1. The number of hydrogen-bond acceptors (Lipinski definition) is 3. The van der Waals surface area contributed by atoms with Crippen LogP contribution < -0.4 is 15.8 Å². The first-order chi connectivity index (χ1) is 9.35. The fourth-order valence-corrected chi connectivity index (χ4v) is 1.79. The molecule has 0 aliphatic rings. The monoisotopic (exact) mass is 302 g/mol. The molecule has 2 aromatic rings. The molecule has 0 spiro atoms. The molecule has 3 nitrogen and oxygen atoms in total. The highest BCUT2D eigenvalue weighted by atomic mass is 35.5. The number of halogens is 4. The van der Waals surface area contributed by atoms with Crippen LogP contribution in [0.2, 0.25) is 5.02 Å². The Morgan fingerprint density at radius 3 is 2.25 bits per heavy atom. The first kappa shape index (κ1) is 14.3. The van der Waals surface area contributed by atoms with Crippen molar-refractivity contribution in [3.05, 3.63) is 47.5 Å². The largest absolute Gasteiger partial charge is 0.573 e. The molecular formula is C13H10ClF3N2O. The topological polar surface area (TPSA) is 47.3 Å². The van der Waals surface area contributed by atoms with Gasteiger partial charge in [0.05, 0.1) is 16.4 Å². The molecule has 0 heterocycles. The second-order valence-electron chi connectivity index (χ2n) is 3.90. The Morgan fingerprint density at radius 2 is 1.70 bits per heavy atom. The zero-order valence-corrected chi connectivity index (χ0v) is 10.8. The first-order valence-corrected chi connectivity index (χ1v) is 5.90. The fraction of sp³-hybridized carbons (Fsp3) is 0.0769. The van der Waals surface area contributed by atoms with Gasteiger partial charge in [0.1, 0.15) is 5.75 Å². The zero-order chi connectivity index (χ0) is 14.8. The minimum Gasteiger partial charge on any atom is -0.406 e. The number of anilines is 3. The van der Waals surface area contributed by atoms with Crippen molar-refractivity contribution in [2.45, 2.75) is 6.36 Å². The Morgan fingerprint density at radius 1 is 1.05 bits per heavy atom. The molecule has 0 saturated heterocycles. The second-order valence-corrected chi connectivity index (χ2v) is 4.31. The molecule has 0 saturated carbocycles. The van der Waals surface area contributed by atoms with E-state index in [0.29, 0.717) is 22.1 Å². The van der Waals surface area contributed by atoms with Crippen LogP contribution in [0.4, 0.5) is 30.2 Å². The van der Waals surface area contributed by atoms with Gasteiger partial charge in [-0.05, 0) is 36.4 Å². The van der Waals surface area contributed by atoms with Crippen LogP contribution in [0.1, 0.15) is 0 Å². The summed E-state index contributed by atoms with van der Waals surface area (Å²) in [4.78, 5) is 0. The number of alkyl halides is 3. The number of para-hydroxylation sites is 1. The Kier molecular flexibility index (Phi) is 3.94. The zero-order valence-electron chi connectivity index (χ0n) is 10.0. The maximum Gasteiger partial charge on any atom is 0.573 e. The van der Waals surface area contributed by atoms with Gasteiger partial charge in [-0.2, -0.15) is 0 Å². The third kappa shape index (κ3) is 3.71. The minimum absolute atomic E-state index is 0.296. The van der Waals surface area contributed by atoms with E-state index in [4.69, 9.17) is 17.3 Å². The lowest BCUT2D eigenvalue weighted by atomic mass is 10.2. The summed E-state index contributed by atoms with van der Waals surface area (Å²) in [5, 5.41) is 3.35. The number of hydrogen-bond donors (Lipinski definition) is 2. The first-order valence-electron chi connectivity index (χ1n) is 5.52. The molecule has 0 atom stereocenters. The molecule has 3 N–H and O–H groups in total. The highest BCUT2D eigenvalue weighted by Gasteiger charge is 2.30. The molecule has 7 heteroatoms. The lowest BCUT2D eigenvalue weighted by Crippen LogP contribution is -2.16. The predicted octanol–water partition coefficient (Wildman–Crippen LogP) is 4.56. The predicted molar refractivity (Wildman–Crippen MR) is 72.3 cm³/mol. The van der Waals surface area contributed by atoms with Gasteiger partial charge in [0.15, 0.2) is 0 Å². The van der Waals surface area contributed by atoms with Crippen molar-refractivity contribution >= 4 is 28.7 Å². The standard InChI is InChI=1S/C13H10ClF3N2O/c14-10-2-1-3-11(18)12(10)19-8-4-6-9(7-5-8)20-13(15,16)17/h1-7,19H,18H2. The molecule has 0 fully saturated rings. The molecular weight excluding hydrogens is 293 g/mol. The number of nitrogens with two attached hydrogens (primary N) is 1. The minimum atomic E-state index is -4.71. The number of nitrogen functional groups attached to an aromatic ring is 1. The van der Waals surface area contributed by atoms with E-state index in [1.807, 2.05) is 0 Å². The van der Waals surface area contributed by atoms with Crippen molar-refractivity contribution in [2.75, 3.05) is 11.1 Å². The van der Waals surface area contributed by atoms with Crippen LogP contribution in [-0.4, -0.2) is 6.36 Å². The van der Waals surface area contributed by atoms with Crippen molar-refractivity contribution in [1.29, 1.82) is 0 Å². The summed E-state index contributed by atoms with van der Waals surface area (Å²) in [6.07, 6.45) is -4.71. The van der Waals surface area contributed by atoms with Gasteiger partial charge in [-0.1, -0.05) is 17.7 Å². The van der Waals surface area contributed by atoms with E-state index in [1.165, 1.54) is 24.3 Å². The lowest BCUT2D eigenvalue weighted by Gasteiger charge is -2.12. The third-order valence-electron chi connectivity index (χ3n) is 2.40. The summed E-state index contributed by atoms with van der Waals surface area (Å²) in [5.41, 5.74) is 7.24. The van der Waals surface area contributed by atoms with Gasteiger partial charge in [-0.15, -0.1) is 13.2 Å². The molecule has 2 aromatic carbocycles. The Labute approximate surface area is 118 Å². The molecule has 0 bridgehead atoms. The second kappa shape index (κ2) is 5.50. The van der Waals surface area contributed by atoms with E-state index in [0.717, 1.165) is 0 Å². The molecule has 2 rings (SSSR count). The summed E-state index contributed by atoms with van der Waals surface area (Å²) in [7, 11) is 0. The maximum atomic E-state index is 12.0. The molecule has 0 aliphatic carbocycles. The van der Waals surface area contributed by atoms with E-state index in [9.17, 15) is 13.2 Å². The number of benzene rings is 2. The molecule has 0 amide bonds. The molecule has 0 radical (unpaired) electrons. The number of rotatable bonds is 3. The summed E-state index contributed by atoms with van der Waals surface area (Å²) >= 11 is 5.98. The summed E-state index contributed by atoms with van der Waals surface area (Å²) in [6.45, 7) is 0. The average Bonchev–Trinajstić information content (AvgIpc) is 2.34. The molecule has 20 heavy (non-hydrogen) atoms. The van der Waals surface area contributed by atoms with Gasteiger partial charge < -0.3 is 15.8 Å². The summed E-state index contributed by atoms with van der Waals surface area (Å²) < 4.78 is 39.8. The fourth-order valence-electron chi connectivity index (χ4n) is 1.56. The third-order valence-corrected chi connectivity index (χ3v) is 2.72. The van der Waals surface area contributed by atoms with Crippen LogP contribution in [0, 0.1) is 0 Å². The summed E-state index contributed by atoms with van der Waals surface area (Å²) in [6, 6.07) is 10.3. The summed E-state index contributed by atoms with van der Waals surface area (Å²) in [5.74, 6) is -0.296. The molecule has 106 valence electrons. The molecule has 0 unspecified atom stereocenters. The molecule has 0 aliphatic heterocycles. The highest BCUT2D eigenvalue weighted by Crippen LogP contribution is 2.32. The van der Waals surface area contributed by atoms with Gasteiger partial charge in [-0.25, -0.2) is 0 Å². The van der Waals surface area contributed by atoms with Crippen LogP contribution in [0.5, 0.6) is 5.75 Å². The maximum absolute atomic E-state index is 12.0. The Balaban J connectivity index is 2.15. The normalized spacial score (nSPS) is 11.2. The van der Waals surface area contributed by atoms with Crippen LogP contribution in [0.15, 0.2) is 42.5 Å². The lowest BCUT2D eigenvalue weighted by molar-refractivity contribution is -0.274. The van der Waals surface area contributed by atoms with E-state index in [-0.39, 0.29) is 5.75 Å². The van der Waals surface area contributed by atoms with Crippen molar-refractivity contribution in [3.8, 4) is 5.75 Å². The van der Waals surface area contributed by atoms with Gasteiger partial charge in [0.2, 0.25) is 0 Å². The van der Waals surface area contributed by atoms with E-state index >= 15 is 0 Å².